The fraction of sp³-hybridized carbons (Fsp3) is 0.950. The van der Waals surface area contributed by atoms with Crippen LogP contribution in [0.2, 0.25) is 0 Å². The molecule has 152 valence electrons. The molecule has 2 heterocycles. The quantitative estimate of drug-likeness (QED) is 0.332. The Hall–Kier alpha value is -0.850. The Kier molecular flexibility index (Phi) is 11.0. The van der Waals surface area contributed by atoms with E-state index < -0.39 is 0 Å². The van der Waals surface area contributed by atoms with Crippen molar-refractivity contribution in [2.45, 2.75) is 46.0 Å². The van der Waals surface area contributed by atoms with E-state index in [1.54, 1.807) is 0 Å². The maximum Gasteiger partial charge on any atom is 0.191 e. The van der Waals surface area contributed by atoms with Crippen LogP contribution in [0.3, 0.4) is 0 Å². The van der Waals surface area contributed by atoms with Gasteiger partial charge in [-0.1, -0.05) is 13.3 Å². The Bertz CT molecular complexity index is 380. The van der Waals surface area contributed by atoms with Crippen LogP contribution in [-0.4, -0.2) is 76.6 Å². The SMILES string of the molecule is CCNC(=NCC(C)CN1CCCCC1)NCCCOCC1CCOC1. The van der Waals surface area contributed by atoms with Crippen molar-refractivity contribution in [3.05, 3.63) is 0 Å². The summed E-state index contributed by atoms with van der Waals surface area (Å²) >= 11 is 0. The summed E-state index contributed by atoms with van der Waals surface area (Å²) in [5.74, 6) is 2.13. The Morgan fingerprint density at radius 2 is 2.12 bits per heavy atom. The lowest BCUT2D eigenvalue weighted by molar-refractivity contribution is 0.0888. The summed E-state index contributed by atoms with van der Waals surface area (Å²) in [6.45, 7) is 14.2. The van der Waals surface area contributed by atoms with E-state index in [9.17, 15) is 0 Å². The average Bonchev–Trinajstić information content (AvgIpc) is 3.16. The third kappa shape index (κ3) is 9.19. The minimum atomic E-state index is 0.598. The highest BCUT2D eigenvalue weighted by Crippen LogP contribution is 2.12. The highest BCUT2D eigenvalue weighted by atomic mass is 16.5. The van der Waals surface area contributed by atoms with Crippen molar-refractivity contribution in [3.8, 4) is 0 Å². The van der Waals surface area contributed by atoms with Crippen LogP contribution in [0.5, 0.6) is 0 Å². The predicted octanol–water partition coefficient (Wildman–Crippen LogP) is 2.11. The summed E-state index contributed by atoms with van der Waals surface area (Å²) in [7, 11) is 0. The van der Waals surface area contributed by atoms with Gasteiger partial charge in [0.2, 0.25) is 0 Å². The first-order chi connectivity index (χ1) is 12.8. The molecule has 2 N–H and O–H groups in total. The Labute approximate surface area is 160 Å². The smallest absolute Gasteiger partial charge is 0.191 e. The van der Waals surface area contributed by atoms with Gasteiger partial charge in [-0.2, -0.15) is 0 Å². The largest absolute Gasteiger partial charge is 0.381 e. The van der Waals surface area contributed by atoms with Gasteiger partial charge in [-0.05, 0) is 51.6 Å². The second-order valence-electron chi connectivity index (χ2n) is 7.77. The van der Waals surface area contributed by atoms with Crippen LogP contribution < -0.4 is 10.6 Å². The standard InChI is InChI=1S/C20H40N4O2/c1-3-21-20(22-9-7-12-25-16-19-8-13-26-17-19)23-14-18(2)15-24-10-5-4-6-11-24/h18-19H,3-17H2,1-2H3,(H2,21,22,23). The van der Waals surface area contributed by atoms with E-state index in [4.69, 9.17) is 14.5 Å². The molecule has 6 heteroatoms. The lowest BCUT2D eigenvalue weighted by Crippen LogP contribution is -2.39. The van der Waals surface area contributed by atoms with Crippen LogP contribution in [0.15, 0.2) is 4.99 Å². The molecule has 26 heavy (non-hydrogen) atoms. The summed E-state index contributed by atoms with van der Waals surface area (Å²) < 4.78 is 11.1. The summed E-state index contributed by atoms with van der Waals surface area (Å²) in [4.78, 5) is 7.36. The first kappa shape index (κ1) is 21.5. The number of aliphatic imine (C=N–C) groups is 1. The van der Waals surface area contributed by atoms with Crippen molar-refractivity contribution in [2.24, 2.45) is 16.8 Å². The van der Waals surface area contributed by atoms with Crippen LogP contribution in [0, 0.1) is 11.8 Å². The van der Waals surface area contributed by atoms with Gasteiger partial charge in [-0.3, -0.25) is 4.99 Å². The minimum absolute atomic E-state index is 0.598. The molecule has 2 aliphatic rings. The zero-order valence-corrected chi connectivity index (χ0v) is 17.0. The average molecular weight is 369 g/mol. The van der Waals surface area contributed by atoms with Crippen molar-refractivity contribution >= 4 is 5.96 Å². The van der Waals surface area contributed by atoms with Crippen LogP contribution in [0.1, 0.15) is 46.0 Å². The highest BCUT2D eigenvalue weighted by Gasteiger charge is 2.15. The molecular weight excluding hydrogens is 328 g/mol. The highest BCUT2D eigenvalue weighted by molar-refractivity contribution is 5.79. The number of nitrogens with one attached hydrogen (secondary N) is 2. The maximum atomic E-state index is 5.76. The van der Waals surface area contributed by atoms with Crippen molar-refractivity contribution in [2.75, 3.05) is 65.7 Å². The van der Waals surface area contributed by atoms with E-state index in [1.807, 2.05) is 0 Å². The molecule has 0 saturated carbocycles. The zero-order chi connectivity index (χ0) is 18.5. The third-order valence-corrected chi connectivity index (χ3v) is 5.06. The molecule has 2 fully saturated rings. The van der Waals surface area contributed by atoms with Crippen LogP contribution in [0.4, 0.5) is 0 Å². The Morgan fingerprint density at radius 3 is 2.85 bits per heavy atom. The molecule has 0 aliphatic carbocycles. The van der Waals surface area contributed by atoms with Gasteiger partial charge in [0, 0.05) is 45.3 Å². The monoisotopic (exact) mass is 368 g/mol. The van der Waals surface area contributed by atoms with Crippen LogP contribution >= 0.6 is 0 Å². The number of guanidine groups is 1. The normalized spacial score (nSPS) is 23.2. The van der Waals surface area contributed by atoms with Gasteiger partial charge >= 0.3 is 0 Å². The van der Waals surface area contributed by atoms with Crippen LogP contribution in [-0.2, 0) is 9.47 Å². The van der Waals surface area contributed by atoms with Crippen molar-refractivity contribution in [3.63, 3.8) is 0 Å². The van der Waals surface area contributed by atoms with Gasteiger partial charge in [0.05, 0.1) is 13.2 Å². The molecule has 2 atom stereocenters. The van der Waals surface area contributed by atoms with Gasteiger partial charge in [0.15, 0.2) is 5.96 Å². The number of rotatable bonds is 11. The molecule has 0 aromatic rings. The molecular formula is C20H40N4O2. The molecule has 6 nitrogen and oxygen atoms in total. The summed E-state index contributed by atoms with van der Waals surface area (Å²) in [5.41, 5.74) is 0. The lowest BCUT2D eigenvalue weighted by Gasteiger charge is -2.28. The number of hydrogen-bond donors (Lipinski definition) is 2. The molecule has 2 unspecified atom stereocenters. The maximum absolute atomic E-state index is 5.76. The molecule has 0 spiro atoms. The van der Waals surface area contributed by atoms with E-state index in [1.165, 1.54) is 38.9 Å². The summed E-state index contributed by atoms with van der Waals surface area (Å²) in [6.07, 6.45) is 6.26. The van der Waals surface area contributed by atoms with Gasteiger partial charge in [-0.25, -0.2) is 0 Å². The fourth-order valence-corrected chi connectivity index (χ4v) is 3.58. The summed E-state index contributed by atoms with van der Waals surface area (Å²) in [6, 6.07) is 0. The van der Waals surface area contributed by atoms with Crippen molar-refractivity contribution in [1.82, 2.24) is 15.5 Å². The van der Waals surface area contributed by atoms with Gasteiger partial charge in [0.1, 0.15) is 0 Å². The van der Waals surface area contributed by atoms with Gasteiger partial charge < -0.3 is 25.0 Å². The van der Waals surface area contributed by atoms with E-state index in [-0.39, 0.29) is 0 Å². The molecule has 2 rings (SSSR count). The van der Waals surface area contributed by atoms with E-state index in [0.717, 1.165) is 64.9 Å². The molecule has 0 radical (unpaired) electrons. The van der Waals surface area contributed by atoms with Gasteiger partial charge in [0.25, 0.3) is 0 Å². The molecule has 0 bridgehead atoms. The van der Waals surface area contributed by atoms with Crippen molar-refractivity contribution < 1.29 is 9.47 Å². The second-order valence-corrected chi connectivity index (χ2v) is 7.77. The second kappa shape index (κ2) is 13.3. The topological polar surface area (TPSA) is 58.1 Å². The Balaban J connectivity index is 1.55. The van der Waals surface area contributed by atoms with Gasteiger partial charge in [-0.15, -0.1) is 0 Å². The lowest BCUT2D eigenvalue weighted by atomic mass is 10.1. The number of ether oxygens (including phenoxy) is 2. The Morgan fingerprint density at radius 1 is 1.27 bits per heavy atom. The fourth-order valence-electron chi connectivity index (χ4n) is 3.58. The summed E-state index contributed by atoms with van der Waals surface area (Å²) in [5, 5.41) is 6.77. The predicted molar refractivity (Wildman–Crippen MR) is 108 cm³/mol. The molecule has 2 saturated heterocycles. The van der Waals surface area contributed by atoms with Crippen molar-refractivity contribution in [1.29, 1.82) is 0 Å². The molecule has 0 amide bonds. The molecule has 0 aromatic carbocycles. The number of nitrogens with zero attached hydrogens (tertiary/aromatic N) is 2. The van der Waals surface area contributed by atoms with E-state index >= 15 is 0 Å². The number of likely N-dealkylation sites (tertiary alicyclic amines) is 1. The first-order valence-electron chi connectivity index (χ1n) is 10.7. The zero-order valence-electron chi connectivity index (χ0n) is 17.0. The van der Waals surface area contributed by atoms with E-state index in [2.05, 4.69) is 29.4 Å². The minimum Gasteiger partial charge on any atom is -0.381 e. The third-order valence-electron chi connectivity index (χ3n) is 5.06. The first-order valence-corrected chi connectivity index (χ1v) is 10.7. The molecule has 0 aromatic heterocycles. The molecule has 2 aliphatic heterocycles. The van der Waals surface area contributed by atoms with E-state index in [0.29, 0.717) is 11.8 Å². The number of hydrogen-bond acceptors (Lipinski definition) is 4. The number of piperidine rings is 1. The van der Waals surface area contributed by atoms with Crippen LogP contribution in [0.25, 0.3) is 0 Å².